The van der Waals surface area contributed by atoms with E-state index in [1.54, 1.807) is 0 Å². The van der Waals surface area contributed by atoms with Crippen molar-refractivity contribution in [2.24, 2.45) is 11.8 Å². The van der Waals surface area contributed by atoms with E-state index in [1.165, 1.54) is 30.1 Å². The summed E-state index contributed by atoms with van der Waals surface area (Å²) in [5.41, 5.74) is 0. The van der Waals surface area contributed by atoms with Crippen LogP contribution in [0.15, 0.2) is 12.2 Å². The normalized spacial score (nSPS) is 35.1. The Morgan fingerprint density at radius 3 is 2.03 bits per heavy atom. The van der Waals surface area contributed by atoms with E-state index in [9.17, 15) is 18.9 Å². The van der Waals surface area contributed by atoms with Crippen LogP contribution in [0, 0.1) is 11.8 Å². The van der Waals surface area contributed by atoms with Gasteiger partial charge in [0.15, 0.2) is 0 Å². The van der Waals surface area contributed by atoms with Crippen LogP contribution in [0.2, 0.25) is 0 Å². The average Bonchev–Trinajstić information content (AvgIpc) is 3.63. The van der Waals surface area contributed by atoms with Crippen molar-refractivity contribution >= 4 is 37.2 Å². The summed E-state index contributed by atoms with van der Waals surface area (Å²) in [6.45, 7) is 2.70. The molecule has 200 valence electrons. The van der Waals surface area contributed by atoms with Crippen LogP contribution in [0.25, 0.3) is 0 Å². The van der Waals surface area contributed by atoms with Gasteiger partial charge >= 0.3 is 40.3 Å². The number of rotatable bonds is 5. The maximum atomic E-state index is 12.0. The van der Waals surface area contributed by atoms with Crippen molar-refractivity contribution in [3.63, 3.8) is 0 Å². The fourth-order valence-corrected chi connectivity index (χ4v) is 6.91. The van der Waals surface area contributed by atoms with Gasteiger partial charge in [-0.05, 0) is 81.2 Å². The molecule has 0 amide bonds. The number of carbonyl (C=O) groups is 1. The van der Waals surface area contributed by atoms with E-state index < -0.39 is 20.3 Å². The van der Waals surface area contributed by atoms with Crippen LogP contribution in [0.1, 0.15) is 58.3 Å². The Bertz CT molecular complexity index is 669. The van der Waals surface area contributed by atoms with Gasteiger partial charge in [0.05, 0.1) is 36.9 Å². The molecule has 5 fully saturated rings. The van der Waals surface area contributed by atoms with Crippen molar-refractivity contribution in [2.75, 3.05) is 23.9 Å². The first-order chi connectivity index (χ1) is 15.5. The zero-order chi connectivity index (χ0) is 24.1. The van der Waals surface area contributed by atoms with Crippen LogP contribution in [0.5, 0.6) is 0 Å². The second-order valence-corrected chi connectivity index (χ2v) is 15.4. The summed E-state index contributed by atoms with van der Waals surface area (Å²) in [5, 5.41) is 0. The van der Waals surface area contributed by atoms with Crippen LogP contribution in [0.4, 0.5) is 14.1 Å². The summed E-state index contributed by atoms with van der Waals surface area (Å²) < 4.78 is 66.0. The molecule has 0 bridgehead atoms. The molecule has 0 aromatic rings. The van der Waals surface area contributed by atoms with Crippen molar-refractivity contribution in [1.29, 1.82) is 0 Å². The van der Waals surface area contributed by atoms with E-state index in [2.05, 4.69) is 19.1 Å². The molecule has 2 saturated carbocycles. The molecular weight excluding hydrogens is 596 g/mol. The van der Waals surface area contributed by atoms with E-state index in [1.807, 2.05) is 0 Å². The Labute approximate surface area is 205 Å². The van der Waals surface area contributed by atoms with Crippen molar-refractivity contribution in [3.8, 4) is 0 Å². The van der Waals surface area contributed by atoms with Crippen molar-refractivity contribution < 1.29 is 37.8 Å². The molecule has 0 radical (unpaired) electrons. The molecule has 3 saturated heterocycles. The zero-order valence-electron chi connectivity index (χ0n) is 19.4. The second kappa shape index (κ2) is 12.9. The molecule has 2 aliphatic carbocycles. The SMILES string of the molecule is C/C=C/C[S+]1CCCC1.O=C(OCC1CCC2OC2C1)C1CCC2OC2C1.[F-].[F][Sb]([F])([F])([F])[F]. The van der Waals surface area contributed by atoms with Gasteiger partial charge in [0.1, 0.15) is 17.3 Å². The average molecular weight is 631 g/mol. The molecule has 4 nitrogen and oxygen atoms in total. The first-order valence-corrected chi connectivity index (χ1v) is 18.4. The van der Waals surface area contributed by atoms with Gasteiger partial charge < -0.3 is 18.9 Å². The van der Waals surface area contributed by atoms with Gasteiger partial charge in [0, 0.05) is 0 Å². The Morgan fingerprint density at radius 1 is 0.941 bits per heavy atom. The van der Waals surface area contributed by atoms with Gasteiger partial charge in [-0.3, -0.25) is 4.79 Å². The third kappa shape index (κ3) is 12.2. The molecule has 3 heterocycles. The summed E-state index contributed by atoms with van der Waals surface area (Å²) >= 11 is -9.19. The van der Waals surface area contributed by atoms with Crippen LogP contribution >= 0.6 is 0 Å². The summed E-state index contributed by atoms with van der Waals surface area (Å²) in [6, 6.07) is 0. The molecule has 6 atom stereocenters. The predicted molar refractivity (Wildman–Crippen MR) is 120 cm³/mol. The Morgan fingerprint density at radius 2 is 1.50 bits per heavy atom. The summed E-state index contributed by atoms with van der Waals surface area (Å²) in [4.78, 5) is 12.0. The van der Waals surface area contributed by atoms with Gasteiger partial charge in [-0.2, -0.15) is 0 Å². The number of hydrogen-bond acceptors (Lipinski definition) is 4. The number of ether oxygens (including phenoxy) is 3. The summed E-state index contributed by atoms with van der Waals surface area (Å²) in [6.07, 6.45) is 15.5. The van der Waals surface area contributed by atoms with Gasteiger partial charge in [-0.25, -0.2) is 0 Å². The molecule has 0 N–H and O–H groups in total. The Kier molecular flexibility index (Phi) is 11.4. The van der Waals surface area contributed by atoms with Crippen LogP contribution in [-0.4, -0.2) is 74.6 Å². The van der Waals surface area contributed by atoms with E-state index in [0.29, 0.717) is 36.9 Å². The fourth-order valence-electron chi connectivity index (χ4n) is 4.69. The minimum atomic E-state index is -9.19. The van der Waals surface area contributed by atoms with Crippen molar-refractivity contribution in [1.82, 2.24) is 0 Å². The van der Waals surface area contributed by atoms with Crippen molar-refractivity contribution in [3.05, 3.63) is 12.2 Å². The third-order valence-electron chi connectivity index (χ3n) is 6.60. The van der Waals surface area contributed by atoms with Crippen LogP contribution < -0.4 is 4.70 Å². The zero-order valence-corrected chi connectivity index (χ0v) is 22.7. The topological polar surface area (TPSA) is 51.4 Å². The molecule has 34 heavy (non-hydrogen) atoms. The third-order valence-corrected chi connectivity index (χ3v) is 8.99. The molecule has 3 aliphatic heterocycles. The molecule has 5 aliphatic rings. The van der Waals surface area contributed by atoms with E-state index in [4.69, 9.17) is 14.2 Å². The van der Waals surface area contributed by atoms with E-state index >= 15 is 0 Å². The molecule has 5 rings (SSSR count). The first-order valence-electron chi connectivity index (χ1n) is 11.8. The number of halogens is 6. The summed E-state index contributed by atoms with van der Waals surface area (Å²) in [5.74, 6) is 4.97. The van der Waals surface area contributed by atoms with Crippen molar-refractivity contribution in [2.45, 2.75) is 82.7 Å². The second-order valence-electron chi connectivity index (χ2n) is 9.35. The molecule has 0 aromatic heterocycles. The van der Waals surface area contributed by atoms with Gasteiger partial charge in [0.25, 0.3) is 0 Å². The quantitative estimate of drug-likeness (QED) is 0.117. The van der Waals surface area contributed by atoms with Crippen LogP contribution in [-0.2, 0) is 29.9 Å². The number of allylic oxidation sites excluding steroid dienone is 1. The first kappa shape index (κ1) is 30.1. The van der Waals surface area contributed by atoms with Gasteiger partial charge in [-0.15, -0.1) is 0 Å². The van der Waals surface area contributed by atoms with Crippen LogP contribution in [0.3, 0.4) is 0 Å². The Hall–Kier alpha value is -0.122. The minimum absolute atomic E-state index is 0. The fraction of sp³-hybridized carbons (Fsp3) is 0.864. The van der Waals surface area contributed by atoms with E-state index in [-0.39, 0.29) is 16.6 Å². The Balaban J connectivity index is 0.000000216. The van der Waals surface area contributed by atoms with Gasteiger partial charge in [-0.1, -0.05) is 6.08 Å². The molecular formula is C22H35F6O4SSb. The predicted octanol–water partition coefficient (Wildman–Crippen LogP) is 2.36. The molecule has 6 unspecified atom stereocenters. The number of fused-ring (bicyclic) bond motifs is 2. The molecule has 0 aromatic carbocycles. The molecule has 0 spiro atoms. The number of esters is 1. The standard InChI is InChI=1S/C14H20O4.C8H15S.6FH.Sb/c15-14(9-2-4-11-13(6-9)18-11)16-7-8-1-3-10-12(5-8)17-10;1-2-3-6-9-7-4-5-8-9;;;;;;;/h8-13H,1-7H2;2-3H,4-8H2,1H3;6*1H;/q;+1;;;;;;;+5/p-6/b;3-2+;;;;;;;. The van der Waals surface area contributed by atoms with E-state index in [0.717, 1.165) is 49.4 Å². The molecule has 12 heteroatoms. The number of carbonyl (C=O) groups excluding carboxylic acids is 1. The van der Waals surface area contributed by atoms with Gasteiger partial charge in [0.2, 0.25) is 0 Å². The number of epoxide rings is 2. The summed E-state index contributed by atoms with van der Waals surface area (Å²) in [7, 11) is 0.786. The maximum absolute atomic E-state index is 12.0. The number of hydrogen-bond donors (Lipinski definition) is 0. The monoisotopic (exact) mass is 630 g/mol.